The highest BCUT2D eigenvalue weighted by Gasteiger charge is 2.00. The predicted octanol–water partition coefficient (Wildman–Crippen LogP) is -0.318. The Labute approximate surface area is 67.5 Å². The third-order valence-corrected chi connectivity index (χ3v) is 1.43. The van der Waals surface area contributed by atoms with Crippen molar-refractivity contribution in [2.45, 2.75) is 25.8 Å². The average Bonchev–Trinajstić information content (AvgIpc) is 2.00. The summed E-state index contributed by atoms with van der Waals surface area (Å²) < 4.78 is 0. The molecule has 0 amide bonds. The van der Waals surface area contributed by atoms with Crippen molar-refractivity contribution in [3.05, 3.63) is 0 Å². The lowest BCUT2D eigenvalue weighted by atomic mass is 10.2. The van der Waals surface area contributed by atoms with Gasteiger partial charge in [-0.25, -0.2) is 0 Å². The highest BCUT2D eigenvalue weighted by atomic mass is 16.2. The fraction of sp³-hybridized carbons (Fsp3) is 0.857. The molecule has 0 rings (SSSR count). The minimum absolute atomic E-state index is 0.231. The Kier molecular flexibility index (Phi) is 5.56. The Morgan fingerprint density at radius 3 is 2.82 bits per heavy atom. The molecule has 0 aliphatic carbocycles. The van der Waals surface area contributed by atoms with E-state index in [1.807, 2.05) is 6.92 Å². The SMILES string of the molecule is CN=C(N)NC(C)CCCO. The molecular weight excluding hydrogens is 142 g/mol. The lowest BCUT2D eigenvalue weighted by Gasteiger charge is -2.12. The molecule has 1 unspecified atom stereocenters. The summed E-state index contributed by atoms with van der Waals surface area (Å²) in [5, 5.41) is 11.5. The molecule has 0 heterocycles. The summed E-state index contributed by atoms with van der Waals surface area (Å²) in [4.78, 5) is 3.76. The van der Waals surface area contributed by atoms with E-state index in [2.05, 4.69) is 10.3 Å². The van der Waals surface area contributed by atoms with E-state index in [0.29, 0.717) is 5.96 Å². The monoisotopic (exact) mass is 159 g/mol. The third kappa shape index (κ3) is 5.66. The van der Waals surface area contributed by atoms with E-state index >= 15 is 0 Å². The standard InChI is InChI=1S/C7H17N3O/c1-6(4-3-5-11)10-7(8)9-2/h6,11H,3-5H2,1-2H3,(H3,8,9,10). The van der Waals surface area contributed by atoms with Gasteiger partial charge < -0.3 is 16.2 Å². The van der Waals surface area contributed by atoms with Crippen LogP contribution in [0.5, 0.6) is 0 Å². The van der Waals surface area contributed by atoms with Gasteiger partial charge in [0.1, 0.15) is 0 Å². The summed E-state index contributed by atoms with van der Waals surface area (Å²) in [5.41, 5.74) is 5.42. The van der Waals surface area contributed by atoms with Gasteiger partial charge in [0.2, 0.25) is 0 Å². The molecular formula is C7H17N3O. The Morgan fingerprint density at radius 1 is 1.73 bits per heavy atom. The van der Waals surface area contributed by atoms with Crippen molar-refractivity contribution in [3.8, 4) is 0 Å². The van der Waals surface area contributed by atoms with Gasteiger partial charge >= 0.3 is 0 Å². The van der Waals surface area contributed by atoms with Gasteiger partial charge in [-0.2, -0.15) is 0 Å². The fourth-order valence-electron chi connectivity index (χ4n) is 0.787. The van der Waals surface area contributed by atoms with E-state index in [-0.39, 0.29) is 12.6 Å². The number of aliphatic imine (C=N–C) groups is 1. The van der Waals surface area contributed by atoms with Crippen LogP contribution in [-0.4, -0.2) is 30.8 Å². The van der Waals surface area contributed by atoms with Crippen LogP contribution in [0.2, 0.25) is 0 Å². The number of nitrogens with zero attached hydrogens (tertiary/aromatic N) is 1. The molecule has 0 spiro atoms. The molecule has 0 saturated carbocycles. The van der Waals surface area contributed by atoms with Crippen LogP contribution in [0.3, 0.4) is 0 Å². The Morgan fingerprint density at radius 2 is 2.36 bits per heavy atom. The lowest BCUT2D eigenvalue weighted by molar-refractivity contribution is 0.279. The van der Waals surface area contributed by atoms with Crippen LogP contribution < -0.4 is 11.1 Å². The first kappa shape index (κ1) is 10.2. The van der Waals surface area contributed by atoms with E-state index in [9.17, 15) is 0 Å². The van der Waals surface area contributed by atoms with Crippen molar-refractivity contribution in [1.29, 1.82) is 0 Å². The second kappa shape index (κ2) is 5.97. The summed E-state index contributed by atoms with van der Waals surface area (Å²) in [6.07, 6.45) is 1.71. The van der Waals surface area contributed by atoms with E-state index < -0.39 is 0 Å². The van der Waals surface area contributed by atoms with Crippen molar-refractivity contribution in [2.75, 3.05) is 13.7 Å². The number of aliphatic hydroxyl groups excluding tert-OH is 1. The van der Waals surface area contributed by atoms with Crippen LogP contribution in [0.15, 0.2) is 4.99 Å². The van der Waals surface area contributed by atoms with Crippen molar-refractivity contribution in [2.24, 2.45) is 10.7 Å². The number of hydrogen-bond donors (Lipinski definition) is 3. The highest BCUT2D eigenvalue weighted by Crippen LogP contribution is 1.93. The van der Waals surface area contributed by atoms with Gasteiger partial charge in [-0.3, -0.25) is 4.99 Å². The number of nitrogens with two attached hydrogens (primary N) is 1. The zero-order valence-corrected chi connectivity index (χ0v) is 7.17. The van der Waals surface area contributed by atoms with E-state index in [0.717, 1.165) is 12.8 Å². The van der Waals surface area contributed by atoms with Crippen LogP contribution >= 0.6 is 0 Å². The quantitative estimate of drug-likeness (QED) is 0.389. The number of guanidine groups is 1. The average molecular weight is 159 g/mol. The molecule has 4 N–H and O–H groups in total. The first-order chi connectivity index (χ1) is 5.20. The number of hydrogen-bond acceptors (Lipinski definition) is 2. The van der Waals surface area contributed by atoms with E-state index in [1.54, 1.807) is 7.05 Å². The van der Waals surface area contributed by atoms with Gasteiger partial charge in [-0.1, -0.05) is 0 Å². The van der Waals surface area contributed by atoms with Gasteiger partial charge in [0.05, 0.1) is 0 Å². The van der Waals surface area contributed by atoms with Gasteiger partial charge in [-0.15, -0.1) is 0 Å². The normalized spacial score (nSPS) is 14.6. The Hall–Kier alpha value is -0.770. The van der Waals surface area contributed by atoms with Crippen molar-refractivity contribution in [1.82, 2.24) is 5.32 Å². The maximum atomic E-state index is 8.52. The van der Waals surface area contributed by atoms with Gasteiger partial charge in [0.25, 0.3) is 0 Å². The molecule has 0 bridgehead atoms. The number of rotatable bonds is 4. The molecule has 4 heteroatoms. The van der Waals surface area contributed by atoms with Crippen molar-refractivity contribution < 1.29 is 5.11 Å². The predicted molar refractivity (Wildman–Crippen MR) is 46.5 cm³/mol. The first-order valence-corrected chi connectivity index (χ1v) is 3.80. The summed E-state index contributed by atoms with van der Waals surface area (Å²) in [6.45, 7) is 2.24. The number of nitrogens with one attached hydrogen (secondary N) is 1. The molecule has 0 aromatic rings. The molecule has 0 saturated heterocycles. The second-order valence-corrected chi connectivity index (χ2v) is 2.52. The highest BCUT2D eigenvalue weighted by molar-refractivity contribution is 5.77. The van der Waals surface area contributed by atoms with Crippen LogP contribution in [0.4, 0.5) is 0 Å². The Balaban J connectivity index is 3.43. The first-order valence-electron chi connectivity index (χ1n) is 3.80. The van der Waals surface area contributed by atoms with Crippen LogP contribution in [-0.2, 0) is 0 Å². The topological polar surface area (TPSA) is 70.6 Å². The molecule has 66 valence electrons. The Bertz CT molecular complexity index is 125. The summed E-state index contributed by atoms with van der Waals surface area (Å²) in [6, 6.07) is 0.283. The van der Waals surface area contributed by atoms with Crippen LogP contribution in [0.25, 0.3) is 0 Å². The smallest absolute Gasteiger partial charge is 0.188 e. The molecule has 0 fully saturated rings. The molecule has 0 aromatic heterocycles. The van der Waals surface area contributed by atoms with Gasteiger partial charge in [-0.05, 0) is 19.8 Å². The van der Waals surface area contributed by atoms with Crippen molar-refractivity contribution in [3.63, 3.8) is 0 Å². The molecule has 0 aromatic carbocycles. The molecule has 1 atom stereocenters. The molecule has 0 aliphatic heterocycles. The van der Waals surface area contributed by atoms with Crippen LogP contribution in [0.1, 0.15) is 19.8 Å². The maximum absolute atomic E-state index is 8.52. The lowest BCUT2D eigenvalue weighted by Crippen LogP contribution is -2.38. The molecule has 0 aliphatic rings. The second-order valence-electron chi connectivity index (χ2n) is 2.52. The summed E-state index contributed by atoms with van der Waals surface area (Å²) in [7, 11) is 1.64. The van der Waals surface area contributed by atoms with Gasteiger partial charge in [0, 0.05) is 19.7 Å². The zero-order chi connectivity index (χ0) is 8.69. The maximum Gasteiger partial charge on any atom is 0.188 e. The van der Waals surface area contributed by atoms with E-state index in [4.69, 9.17) is 10.8 Å². The molecule has 0 radical (unpaired) electrons. The minimum atomic E-state index is 0.231. The fourth-order valence-corrected chi connectivity index (χ4v) is 0.787. The molecule has 4 nitrogen and oxygen atoms in total. The minimum Gasteiger partial charge on any atom is -0.396 e. The summed E-state index contributed by atoms with van der Waals surface area (Å²) in [5.74, 6) is 0.454. The van der Waals surface area contributed by atoms with Gasteiger partial charge in [0.15, 0.2) is 5.96 Å². The summed E-state index contributed by atoms with van der Waals surface area (Å²) >= 11 is 0. The zero-order valence-electron chi connectivity index (χ0n) is 7.17. The molecule has 11 heavy (non-hydrogen) atoms. The van der Waals surface area contributed by atoms with E-state index in [1.165, 1.54) is 0 Å². The third-order valence-electron chi connectivity index (χ3n) is 1.43. The number of aliphatic hydroxyl groups is 1. The van der Waals surface area contributed by atoms with Crippen molar-refractivity contribution >= 4 is 5.96 Å². The largest absolute Gasteiger partial charge is 0.396 e. The van der Waals surface area contributed by atoms with Crippen LogP contribution in [0, 0.1) is 0 Å².